The fourth-order valence-corrected chi connectivity index (χ4v) is 5.94. The predicted octanol–water partition coefficient (Wildman–Crippen LogP) is 2.73. The summed E-state index contributed by atoms with van der Waals surface area (Å²) in [5.41, 5.74) is 3.55. The summed E-state index contributed by atoms with van der Waals surface area (Å²) < 4.78 is 0. The topological polar surface area (TPSA) is 134 Å². The van der Waals surface area contributed by atoms with E-state index in [2.05, 4.69) is 4.90 Å². The molecule has 2 aromatic carbocycles. The van der Waals surface area contributed by atoms with E-state index in [1.807, 2.05) is 60.7 Å². The van der Waals surface area contributed by atoms with Crippen LogP contribution < -0.4 is 10.4 Å². The molecule has 1 aliphatic carbocycles. The van der Waals surface area contributed by atoms with Crippen LogP contribution in [0.2, 0.25) is 0 Å². The van der Waals surface area contributed by atoms with E-state index in [-0.39, 0.29) is 25.4 Å². The fraction of sp³-hybridized carbons (Fsp3) is 0.464. The van der Waals surface area contributed by atoms with Gasteiger partial charge in [-0.1, -0.05) is 48.5 Å². The van der Waals surface area contributed by atoms with Gasteiger partial charge in [0.1, 0.15) is 0 Å². The molecule has 38 heavy (non-hydrogen) atoms. The second kappa shape index (κ2) is 12.7. The normalized spacial score (nSPS) is 22.4. The van der Waals surface area contributed by atoms with Gasteiger partial charge in [-0.05, 0) is 43.4 Å². The van der Waals surface area contributed by atoms with Crippen LogP contribution in [0.1, 0.15) is 37.3 Å². The van der Waals surface area contributed by atoms with E-state index in [0.717, 1.165) is 11.3 Å². The van der Waals surface area contributed by atoms with Gasteiger partial charge in [0.25, 0.3) is 0 Å². The van der Waals surface area contributed by atoms with E-state index in [9.17, 15) is 29.8 Å². The third-order valence-electron chi connectivity index (χ3n) is 7.84. The van der Waals surface area contributed by atoms with Gasteiger partial charge in [-0.3, -0.25) is 19.7 Å². The van der Waals surface area contributed by atoms with Crippen LogP contribution in [0.4, 0.5) is 10.5 Å². The van der Waals surface area contributed by atoms with Gasteiger partial charge in [0.2, 0.25) is 11.8 Å². The Balaban J connectivity index is 1.49. The van der Waals surface area contributed by atoms with Crippen molar-refractivity contribution in [3.8, 4) is 0 Å². The summed E-state index contributed by atoms with van der Waals surface area (Å²) in [6.07, 6.45) is -0.116. The second-order valence-electron chi connectivity index (χ2n) is 9.93. The van der Waals surface area contributed by atoms with Crippen molar-refractivity contribution in [1.29, 1.82) is 0 Å². The van der Waals surface area contributed by atoms with Gasteiger partial charge in [-0.2, -0.15) is 0 Å². The molecule has 1 saturated carbocycles. The number of aliphatic hydroxyl groups excluding tert-OH is 1. The second-order valence-corrected chi connectivity index (χ2v) is 9.93. The molecular formula is C28H36N4O6. The molecule has 4 atom stereocenters. The van der Waals surface area contributed by atoms with E-state index < -0.39 is 35.9 Å². The Morgan fingerprint density at radius 1 is 0.921 bits per heavy atom. The number of nitrogens with zero attached hydrogens (tertiary/aromatic N) is 3. The number of para-hydroxylation sites is 1. The number of benzene rings is 2. The van der Waals surface area contributed by atoms with E-state index in [4.69, 9.17) is 0 Å². The number of amides is 3. The number of carbonyl (C=O) groups is 3. The number of hydrogen-bond donors (Lipinski definition) is 4. The SMILES string of the molecule is O=C(NO)[C@H]1C[C@H](N(C(=O)O)C(CCO)c2ccccc2)CC[C@@H]1C(=O)N1CCN(c2ccccc2)CC1. The monoisotopic (exact) mass is 524 g/mol. The van der Waals surface area contributed by atoms with Crippen LogP contribution in [-0.4, -0.2) is 82.0 Å². The van der Waals surface area contributed by atoms with Gasteiger partial charge >= 0.3 is 6.09 Å². The minimum absolute atomic E-state index is 0.105. The molecule has 10 heteroatoms. The maximum atomic E-state index is 13.6. The third kappa shape index (κ3) is 6.08. The smallest absolute Gasteiger partial charge is 0.408 e. The van der Waals surface area contributed by atoms with Crippen molar-refractivity contribution < 1.29 is 29.8 Å². The number of piperazine rings is 1. The molecule has 0 aromatic heterocycles. The molecule has 2 aliphatic rings. The third-order valence-corrected chi connectivity index (χ3v) is 7.84. The van der Waals surface area contributed by atoms with Crippen molar-refractivity contribution in [1.82, 2.24) is 15.3 Å². The molecule has 1 unspecified atom stereocenters. The van der Waals surface area contributed by atoms with Crippen molar-refractivity contribution >= 4 is 23.6 Å². The van der Waals surface area contributed by atoms with E-state index in [1.165, 1.54) is 4.90 Å². The van der Waals surface area contributed by atoms with E-state index >= 15 is 0 Å². The van der Waals surface area contributed by atoms with Crippen LogP contribution >= 0.6 is 0 Å². The van der Waals surface area contributed by atoms with Crippen molar-refractivity contribution in [2.24, 2.45) is 11.8 Å². The first-order chi connectivity index (χ1) is 18.4. The number of aliphatic hydroxyl groups is 1. The summed E-state index contributed by atoms with van der Waals surface area (Å²) in [6, 6.07) is 17.9. The Morgan fingerprint density at radius 3 is 2.13 bits per heavy atom. The highest BCUT2D eigenvalue weighted by atomic mass is 16.5. The molecule has 2 aromatic rings. The highest BCUT2D eigenvalue weighted by Gasteiger charge is 2.45. The number of carbonyl (C=O) groups excluding carboxylic acids is 2. The van der Waals surface area contributed by atoms with Crippen LogP contribution in [0.25, 0.3) is 0 Å². The Labute approximate surface area is 222 Å². The fourth-order valence-electron chi connectivity index (χ4n) is 5.94. The lowest BCUT2D eigenvalue weighted by Crippen LogP contribution is -2.55. The first-order valence-electron chi connectivity index (χ1n) is 13.1. The lowest BCUT2D eigenvalue weighted by molar-refractivity contribution is -0.148. The average Bonchev–Trinajstić information content (AvgIpc) is 2.97. The molecule has 1 aliphatic heterocycles. The number of anilines is 1. The molecular weight excluding hydrogens is 488 g/mol. The first kappa shape index (κ1) is 27.4. The molecule has 3 amide bonds. The highest BCUT2D eigenvalue weighted by molar-refractivity contribution is 5.87. The first-order valence-corrected chi connectivity index (χ1v) is 13.1. The lowest BCUT2D eigenvalue weighted by atomic mass is 9.74. The summed E-state index contributed by atoms with van der Waals surface area (Å²) in [5.74, 6) is -2.34. The number of hydroxylamine groups is 1. The summed E-state index contributed by atoms with van der Waals surface area (Å²) in [4.78, 5) is 44.1. The molecule has 204 valence electrons. The van der Waals surface area contributed by atoms with Crippen LogP contribution in [-0.2, 0) is 9.59 Å². The van der Waals surface area contributed by atoms with Gasteiger partial charge in [0, 0.05) is 50.4 Å². The van der Waals surface area contributed by atoms with E-state index in [1.54, 1.807) is 10.4 Å². The van der Waals surface area contributed by atoms with Crippen LogP contribution in [0.5, 0.6) is 0 Å². The zero-order valence-corrected chi connectivity index (χ0v) is 21.4. The quantitative estimate of drug-likeness (QED) is 0.308. The predicted molar refractivity (Wildman–Crippen MR) is 141 cm³/mol. The molecule has 1 heterocycles. The zero-order valence-electron chi connectivity index (χ0n) is 21.4. The maximum absolute atomic E-state index is 13.6. The molecule has 0 spiro atoms. The molecule has 10 nitrogen and oxygen atoms in total. The van der Waals surface area contributed by atoms with Gasteiger partial charge in [-0.25, -0.2) is 10.3 Å². The largest absolute Gasteiger partial charge is 0.465 e. The van der Waals surface area contributed by atoms with Crippen molar-refractivity contribution in [3.05, 3.63) is 66.2 Å². The Kier molecular flexibility index (Phi) is 9.19. The van der Waals surface area contributed by atoms with Crippen LogP contribution in [0.15, 0.2) is 60.7 Å². The molecule has 0 bridgehead atoms. The summed E-state index contributed by atoms with van der Waals surface area (Å²) >= 11 is 0. The minimum Gasteiger partial charge on any atom is -0.465 e. The Morgan fingerprint density at radius 2 is 1.55 bits per heavy atom. The Bertz CT molecular complexity index is 1080. The molecule has 4 N–H and O–H groups in total. The number of nitrogens with one attached hydrogen (secondary N) is 1. The highest BCUT2D eigenvalue weighted by Crippen LogP contribution is 2.38. The zero-order chi connectivity index (χ0) is 27.1. The molecule has 4 rings (SSSR count). The molecule has 2 fully saturated rings. The average molecular weight is 525 g/mol. The summed E-state index contributed by atoms with van der Waals surface area (Å²) in [6.45, 7) is 2.19. The lowest BCUT2D eigenvalue weighted by Gasteiger charge is -2.44. The van der Waals surface area contributed by atoms with Crippen LogP contribution in [0, 0.1) is 11.8 Å². The van der Waals surface area contributed by atoms with Crippen LogP contribution in [0.3, 0.4) is 0 Å². The Hall–Kier alpha value is -3.63. The molecule has 1 saturated heterocycles. The van der Waals surface area contributed by atoms with Crippen molar-refractivity contribution in [3.63, 3.8) is 0 Å². The minimum atomic E-state index is -1.15. The molecule has 0 radical (unpaired) electrons. The number of hydrogen-bond acceptors (Lipinski definition) is 6. The van der Waals surface area contributed by atoms with Crippen molar-refractivity contribution in [2.45, 2.75) is 37.8 Å². The van der Waals surface area contributed by atoms with E-state index in [0.29, 0.717) is 39.0 Å². The van der Waals surface area contributed by atoms with Gasteiger partial charge < -0.3 is 20.0 Å². The van der Waals surface area contributed by atoms with Crippen molar-refractivity contribution in [2.75, 3.05) is 37.7 Å². The summed E-state index contributed by atoms with van der Waals surface area (Å²) in [7, 11) is 0. The number of carboxylic acid groups (broad SMARTS) is 1. The van der Waals surface area contributed by atoms with Gasteiger partial charge in [0.05, 0.1) is 12.0 Å². The van der Waals surface area contributed by atoms with Gasteiger partial charge in [-0.15, -0.1) is 0 Å². The standard InChI is InChI=1S/C28H36N4O6/c33-18-13-25(20-7-3-1-4-8-20)32(28(36)37)22-11-12-23(24(19-22)26(34)29-38)27(35)31-16-14-30(15-17-31)21-9-5-2-6-10-21/h1-10,22-25,33,38H,11-19H2,(H,29,34)(H,36,37)/t22-,23+,24+,25?/m1/s1. The van der Waals surface area contributed by atoms with Gasteiger partial charge in [0.15, 0.2) is 0 Å². The summed E-state index contributed by atoms with van der Waals surface area (Å²) in [5, 5.41) is 29.3. The number of rotatable bonds is 8. The maximum Gasteiger partial charge on any atom is 0.408 e.